The largest absolute Gasteiger partial charge is 0.494 e. The normalized spacial score (nSPS) is 10.7. The van der Waals surface area contributed by atoms with Crippen LogP contribution < -0.4 is 10.1 Å². The third-order valence-corrected chi connectivity index (χ3v) is 4.58. The van der Waals surface area contributed by atoms with Crippen LogP contribution in [0.3, 0.4) is 0 Å². The van der Waals surface area contributed by atoms with Gasteiger partial charge in [0.15, 0.2) is 11.6 Å². The van der Waals surface area contributed by atoms with Gasteiger partial charge in [-0.3, -0.25) is 9.48 Å². The standard InChI is InChI=1S/C22H24FN3O2/c1-15-13-19(26(2)25-15)22(27)24-12-6-8-16-7-4-9-17(14-16)18-10-5-11-20(28-3)21(18)23/h4-5,7,9-11,13-14H,6,8,12H2,1-3H3,(H,24,27). The molecule has 1 amide bonds. The molecule has 0 aliphatic rings. The van der Waals surface area contributed by atoms with Gasteiger partial charge in [-0.25, -0.2) is 4.39 Å². The first kappa shape index (κ1) is 19.6. The van der Waals surface area contributed by atoms with E-state index < -0.39 is 0 Å². The van der Waals surface area contributed by atoms with Crippen LogP contribution in [0.15, 0.2) is 48.5 Å². The van der Waals surface area contributed by atoms with E-state index in [9.17, 15) is 9.18 Å². The summed E-state index contributed by atoms with van der Waals surface area (Å²) >= 11 is 0. The van der Waals surface area contributed by atoms with Gasteiger partial charge in [0, 0.05) is 19.2 Å². The average molecular weight is 381 g/mol. The minimum atomic E-state index is -0.360. The predicted octanol–water partition coefficient (Wildman–Crippen LogP) is 3.91. The minimum absolute atomic E-state index is 0.129. The van der Waals surface area contributed by atoms with Crippen molar-refractivity contribution >= 4 is 5.91 Å². The third-order valence-electron chi connectivity index (χ3n) is 4.58. The molecule has 0 radical (unpaired) electrons. The molecule has 1 aromatic heterocycles. The van der Waals surface area contributed by atoms with Crippen LogP contribution in [-0.2, 0) is 13.5 Å². The molecule has 0 fully saturated rings. The Labute approximate surface area is 164 Å². The summed E-state index contributed by atoms with van der Waals surface area (Å²) < 4.78 is 21.1. The maximum atomic E-state index is 14.5. The molecular weight excluding hydrogens is 357 g/mol. The molecule has 0 saturated carbocycles. The van der Waals surface area contributed by atoms with E-state index in [0.717, 1.165) is 29.7 Å². The Morgan fingerprint density at radius 1 is 1.21 bits per heavy atom. The highest BCUT2D eigenvalue weighted by Gasteiger charge is 2.12. The van der Waals surface area contributed by atoms with Gasteiger partial charge in [0.2, 0.25) is 0 Å². The van der Waals surface area contributed by atoms with Gasteiger partial charge >= 0.3 is 0 Å². The Morgan fingerprint density at radius 2 is 2.00 bits per heavy atom. The molecule has 0 aliphatic heterocycles. The van der Waals surface area contributed by atoms with Gasteiger partial charge in [-0.15, -0.1) is 0 Å². The number of methoxy groups -OCH3 is 1. The van der Waals surface area contributed by atoms with Crippen LogP contribution in [0, 0.1) is 12.7 Å². The van der Waals surface area contributed by atoms with E-state index in [2.05, 4.69) is 10.4 Å². The lowest BCUT2D eigenvalue weighted by Crippen LogP contribution is -2.26. The molecule has 6 heteroatoms. The SMILES string of the molecule is COc1cccc(-c2cccc(CCCNC(=O)c3cc(C)nn3C)c2)c1F. The first-order chi connectivity index (χ1) is 13.5. The van der Waals surface area contributed by atoms with E-state index >= 15 is 0 Å². The van der Waals surface area contributed by atoms with Crippen LogP contribution in [0.4, 0.5) is 4.39 Å². The molecule has 2 aromatic carbocycles. The molecule has 146 valence electrons. The molecule has 0 unspecified atom stereocenters. The summed E-state index contributed by atoms with van der Waals surface area (Å²) in [4.78, 5) is 12.2. The quantitative estimate of drug-likeness (QED) is 0.632. The smallest absolute Gasteiger partial charge is 0.269 e. The summed E-state index contributed by atoms with van der Waals surface area (Å²) in [7, 11) is 3.21. The number of aromatic nitrogens is 2. The summed E-state index contributed by atoms with van der Waals surface area (Å²) in [5.74, 6) is -0.257. The number of halogens is 1. The van der Waals surface area contributed by atoms with Crippen molar-refractivity contribution < 1.29 is 13.9 Å². The van der Waals surface area contributed by atoms with E-state index in [0.29, 0.717) is 17.8 Å². The molecule has 0 saturated heterocycles. The van der Waals surface area contributed by atoms with Crippen LogP contribution in [-0.4, -0.2) is 29.3 Å². The number of nitrogens with zero attached hydrogens (tertiary/aromatic N) is 2. The third kappa shape index (κ3) is 4.39. The van der Waals surface area contributed by atoms with E-state index in [1.54, 1.807) is 36.0 Å². The van der Waals surface area contributed by atoms with Crippen molar-refractivity contribution in [2.24, 2.45) is 7.05 Å². The Balaban J connectivity index is 1.60. The van der Waals surface area contributed by atoms with Crippen LogP contribution in [0.1, 0.15) is 28.2 Å². The fourth-order valence-electron chi connectivity index (χ4n) is 3.19. The summed E-state index contributed by atoms with van der Waals surface area (Å²) in [6.07, 6.45) is 1.57. The zero-order valence-electron chi connectivity index (χ0n) is 16.3. The van der Waals surface area contributed by atoms with Crippen LogP contribution in [0.5, 0.6) is 5.75 Å². The number of ether oxygens (including phenoxy) is 1. The number of nitrogens with one attached hydrogen (secondary N) is 1. The second-order valence-electron chi connectivity index (χ2n) is 6.68. The maximum Gasteiger partial charge on any atom is 0.269 e. The first-order valence-electron chi connectivity index (χ1n) is 9.20. The van der Waals surface area contributed by atoms with E-state index in [1.165, 1.54) is 7.11 Å². The van der Waals surface area contributed by atoms with E-state index in [4.69, 9.17) is 4.74 Å². The molecule has 28 heavy (non-hydrogen) atoms. The van der Waals surface area contributed by atoms with Gasteiger partial charge in [-0.2, -0.15) is 5.10 Å². The van der Waals surface area contributed by atoms with Crippen molar-refractivity contribution in [1.82, 2.24) is 15.1 Å². The Hall–Kier alpha value is -3.15. The molecule has 0 atom stereocenters. The molecule has 0 aliphatic carbocycles. The fourth-order valence-corrected chi connectivity index (χ4v) is 3.19. The first-order valence-corrected chi connectivity index (χ1v) is 9.20. The number of aryl methyl sites for hydroxylation is 3. The molecule has 3 rings (SSSR count). The van der Waals surface area contributed by atoms with Crippen molar-refractivity contribution in [3.05, 3.63) is 71.3 Å². The van der Waals surface area contributed by atoms with Crippen LogP contribution in [0.25, 0.3) is 11.1 Å². The highest BCUT2D eigenvalue weighted by molar-refractivity contribution is 5.92. The number of hydrogen-bond acceptors (Lipinski definition) is 3. The lowest BCUT2D eigenvalue weighted by Gasteiger charge is -2.10. The van der Waals surface area contributed by atoms with Crippen molar-refractivity contribution in [2.75, 3.05) is 13.7 Å². The average Bonchev–Trinajstić information content (AvgIpc) is 3.03. The Bertz CT molecular complexity index is 982. The van der Waals surface area contributed by atoms with Crippen LogP contribution >= 0.6 is 0 Å². The zero-order valence-corrected chi connectivity index (χ0v) is 16.3. The van der Waals surface area contributed by atoms with Gasteiger partial charge in [-0.1, -0.05) is 36.4 Å². The number of carbonyl (C=O) groups excluding carboxylic acids is 1. The maximum absolute atomic E-state index is 14.5. The number of hydrogen-bond donors (Lipinski definition) is 1. The van der Waals surface area contributed by atoms with E-state index in [1.807, 2.05) is 31.2 Å². The number of rotatable bonds is 7. The summed E-state index contributed by atoms with van der Waals surface area (Å²) in [6.45, 7) is 2.41. The number of benzene rings is 2. The molecule has 1 heterocycles. The molecule has 5 nitrogen and oxygen atoms in total. The Kier molecular flexibility index (Phi) is 6.09. The summed E-state index contributed by atoms with van der Waals surface area (Å²) in [5.41, 5.74) is 3.77. The van der Waals surface area contributed by atoms with Gasteiger partial charge in [0.05, 0.1) is 12.8 Å². The van der Waals surface area contributed by atoms with Crippen molar-refractivity contribution in [3.63, 3.8) is 0 Å². The van der Waals surface area contributed by atoms with Crippen molar-refractivity contribution in [2.45, 2.75) is 19.8 Å². The van der Waals surface area contributed by atoms with Crippen molar-refractivity contribution in [3.8, 4) is 16.9 Å². The monoisotopic (exact) mass is 381 g/mol. The summed E-state index contributed by atoms with van der Waals surface area (Å²) in [6, 6.07) is 14.7. The zero-order chi connectivity index (χ0) is 20.1. The predicted molar refractivity (Wildman–Crippen MR) is 107 cm³/mol. The highest BCUT2D eigenvalue weighted by Crippen LogP contribution is 2.29. The van der Waals surface area contributed by atoms with E-state index in [-0.39, 0.29) is 17.5 Å². The lowest BCUT2D eigenvalue weighted by atomic mass is 10.0. The second kappa shape index (κ2) is 8.69. The highest BCUT2D eigenvalue weighted by atomic mass is 19.1. The molecule has 0 bridgehead atoms. The summed E-state index contributed by atoms with van der Waals surface area (Å²) in [5, 5.41) is 7.10. The molecule has 0 spiro atoms. The van der Waals surface area contributed by atoms with Gasteiger partial charge in [0.1, 0.15) is 5.69 Å². The molecule has 3 aromatic rings. The molecule has 1 N–H and O–H groups in total. The van der Waals surface area contributed by atoms with Crippen molar-refractivity contribution in [1.29, 1.82) is 0 Å². The number of carbonyl (C=O) groups is 1. The lowest BCUT2D eigenvalue weighted by molar-refractivity contribution is 0.0944. The second-order valence-corrected chi connectivity index (χ2v) is 6.68. The molecular formula is C22H24FN3O2. The minimum Gasteiger partial charge on any atom is -0.494 e. The van der Waals surface area contributed by atoms with Gasteiger partial charge < -0.3 is 10.1 Å². The van der Waals surface area contributed by atoms with Gasteiger partial charge in [-0.05, 0) is 43.0 Å². The number of amides is 1. The van der Waals surface area contributed by atoms with Gasteiger partial charge in [0.25, 0.3) is 5.91 Å². The fraction of sp³-hybridized carbons (Fsp3) is 0.273. The topological polar surface area (TPSA) is 56.1 Å². The van der Waals surface area contributed by atoms with Crippen LogP contribution in [0.2, 0.25) is 0 Å². The Morgan fingerprint density at radius 3 is 2.71 bits per heavy atom.